The van der Waals surface area contributed by atoms with Gasteiger partial charge in [0.25, 0.3) is 0 Å². The van der Waals surface area contributed by atoms with Crippen molar-refractivity contribution < 1.29 is 9.90 Å². The summed E-state index contributed by atoms with van der Waals surface area (Å²) in [5.41, 5.74) is 0.948. The van der Waals surface area contributed by atoms with E-state index >= 15 is 0 Å². The molecule has 0 aliphatic carbocycles. The lowest BCUT2D eigenvalue weighted by molar-refractivity contribution is -0.141. The first kappa shape index (κ1) is 14.5. The third-order valence-corrected chi connectivity index (χ3v) is 3.42. The van der Waals surface area contributed by atoms with Crippen LogP contribution in [0.5, 0.6) is 0 Å². The van der Waals surface area contributed by atoms with Gasteiger partial charge in [0.1, 0.15) is 12.2 Å². The minimum atomic E-state index is -0.828. The van der Waals surface area contributed by atoms with Gasteiger partial charge in [-0.15, -0.1) is 0 Å². The van der Waals surface area contributed by atoms with Crippen LogP contribution in [-0.4, -0.2) is 25.8 Å². The Morgan fingerprint density at radius 3 is 2.65 bits per heavy atom. The van der Waals surface area contributed by atoms with Crippen LogP contribution >= 0.6 is 11.6 Å². The molecule has 1 unspecified atom stereocenters. The number of hydrogen-bond acceptors (Lipinski definition) is 3. The van der Waals surface area contributed by atoms with E-state index in [2.05, 4.69) is 10.1 Å². The Hall–Kier alpha value is -1.88. The molecule has 1 heterocycles. The highest BCUT2D eigenvalue weighted by atomic mass is 35.5. The van der Waals surface area contributed by atoms with Crippen molar-refractivity contribution in [3.05, 3.63) is 47.0 Å². The van der Waals surface area contributed by atoms with E-state index in [0.29, 0.717) is 30.2 Å². The van der Waals surface area contributed by atoms with Gasteiger partial charge in [-0.05, 0) is 31.0 Å². The van der Waals surface area contributed by atoms with Crippen LogP contribution in [0.4, 0.5) is 0 Å². The number of carboxylic acid groups (broad SMARTS) is 1. The average molecular weight is 294 g/mol. The molecule has 0 saturated carbocycles. The lowest BCUT2D eigenvalue weighted by atomic mass is 9.96. The second-order valence-corrected chi connectivity index (χ2v) is 5.00. The molecular formula is C14H16ClN3O2. The first-order valence-corrected chi connectivity index (χ1v) is 6.82. The van der Waals surface area contributed by atoms with Crippen LogP contribution in [0.15, 0.2) is 30.6 Å². The van der Waals surface area contributed by atoms with E-state index in [1.54, 1.807) is 16.8 Å². The van der Waals surface area contributed by atoms with Crippen molar-refractivity contribution in [2.45, 2.75) is 26.3 Å². The van der Waals surface area contributed by atoms with Gasteiger partial charge in [-0.3, -0.25) is 9.48 Å². The van der Waals surface area contributed by atoms with Crippen molar-refractivity contribution >= 4 is 17.6 Å². The molecule has 0 saturated heterocycles. The van der Waals surface area contributed by atoms with Gasteiger partial charge in [-0.25, -0.2) is 4.98 Å². The normalized spacial score (nSPS) is 12.3. The monoisotopic (exact) mass is 293 g/mol. The molecule has 1 aromatic heterocycles. The summed E-state index contributed by atoms with van der Waals surface area (Å²) >= 11 is 5.83. The maximum absolute atomic E-state index is 11.4. The molecule has 0 bridgehead atoms. The summed E-state index contributed by atoms with van der Waals surface area (Å²) in [5.74, 6) is -0.648. The third kappa shape index (κ3) is 3.57. The fourth-order valence-corrected chi connectivity index (χ4v) is 2.21. The number of carbonyl (C=O) groups is 1. The maximum Gasteiger partial charge on any atom is 0.307 e. The number of hydrogen-bond donors (Lipinski definition) is 1. The quantitative estimate of drug-likeness (QED) is 0.888. The Bertz CT molecular complexity index is 580. The van der Waals surface area contributed by atoms with Crippen LogP contribution in [0, 0.1) is 5.92 Å². The molecule has 0 aliphatic heterocycles. The molecule has 0 fully saturated rings. The van der Waals surface area contributed by atoms with E-state index in [9.17, 15) is 9.90 Å². The second kappa shape index (κ2) is 6.52. The molecule has 1 N–H and O–H groups in total. The van der Waals surface area contributed by atoms with Crippen LogP contribution in [0.2, 0.25) is 5.02 Å². The lowest BCUT2D eigenvalue weighted by Gasteiger charge is -2.12. The molecular weight excluding hydrogens is 278 g/mol. The Labute approximate surface area is 122 Å². The molecule has 0 amide bonds. The number of rotatable bonds is 6. The third-order valence-electron chi connectivity index (χ3n) is 3.17. The fourth-order valence-electron chi connectivity index (χ4n) is 2.08. The van der Waals surface area contributed by atoms with Gasteiger partial charge in [-0.2, -0.15) is 5.10 Å². The topological polar surface area (TPSA) is 68.0 Å². The molecule has 0 radical (unpaired) electrons. The molecule has 20 heavy (non-hydrogen) atoms. The SMILES string of the molecule is CCn1ncnc1CC(Cc1ccc(Cl)cc1)C(=O)O. The van der Waals surface area contributed by atoms with E-state index < -0.39 is 11.9 Å². The van der Waals surface area contributed by atoms with Crippen molar-refractivity contribution in [2.75, 3.05) is 0 Å². The smallest absolute Gasteiger partial charge is 0.307 e. The van der Waals surface area contributed by atoms with Gasteiger partial charge >= 0.3 is 5.97 Å². The van der Waals surface area contributed by atoms with E-state index in [4.69, 9.17) is 11.6 Å². The lowest BCUT2D eigenvalue weighted by Crippen LogP contribution is -2.21. The zero-order chi connectivity index (χ0) is 14.5. The number of benzene rings is 1. The summed E-state index contributed by atoms with van der Waals surface area (Å²) in [6, 6.07) is 7.24. The van der Waals surface area contributed by atoms with Crippen LogP contribution < -0.4 is 0 Å². The summed E-state index contributed by atoms with van der Waals surface area (Å²) in [6.07, 6.45) is 2.27. The highest BCUT2D eigenvalue weighted by Gasteiger charge is 2.21. The molecule has 2 aromatic rings. The minimum Gasteiger partial charge on any atom is -0.481 e. The summed E-state index contributed by atoms with van der Waals surface area (Å²) in [7, 11) is 0. The Morgan fingerprint density at radius 2 is 2.05 bits per heavy atom. The number of aromatic nitrogens is 3. The Kier molecular flexibility index (Phi) is 4.74. The summed E-state index contributed by atoms with van der Waals surface area (Å²) < 4.78 is 1.72. The number of nitrogens with zero attached hydrogens (tertiary/aromatic N) is 3. The molecule has 1 atom stereocenters. The van der Waals surface area contributed by atoms with Crippen LogP contribution in [0.25, 0.3) is 0 Å². The minimum absolute atomic E-state index is 0.367. The zero-order valence-electron chi connectivity index (χ0n) is 11.2. The van der Waals surface area contributed by atoms with E-state index in [1.807, 2.05) is 19.1 Å². The summed E-state index contributed by atoms with van der Waals surface area (Å²) in [5, 5.41) is 14.1. The largest absolute Gasteiger partial charge is 0.481 e. The number of aryl methyl sites for hydroxylation is 1. The van der Waals surface area contributed by atoms with Crippen molar-refractivity contribution in [1.82, 2.24) is 14.8 Å². The standard InChI is InChI=1S/C14H16ClN3O2/c1-2-18-13(16-9-17-18)8-11(14(19)20)7-10-3-5-12(15)6-4-10/h3-6,9,11H,2,7-8H2,1H3,(H,19,20). The molecule has 0 aliphatic rings. The van der Waals surface area contributed by atoms with Crippen molar-refractivity contribution in [3.63, 3.8) is 0 Å². The Morgan fingerprint density at radius 1 is 1.35 bits per heavy atom. The number of aliphatic carboxylic acids is 1. The zero-order valence-corrected chi connectivity index (χ0v) is 11.9. The molecule has 0 spiro atoms. The predicted octanol–water partition coefficient (Wildman–Crippen LogP) is 2.44. The second-order valence-electron chi connectivity index (χ2n) is 4.56. The molecule has 5 nitrogen and oxygen atoms in total. The fraction of sp³-hybridized carbons (Fsp3) is 0.357. The first-order chi connectivity index (χ1) is 9.60. The van der Waals surface area contributed by atoms with Crippen molar-refractivity contribution in [3.8, 4) is 0 Å². The van der Waals surface area contributed by atoms with E-state index in [-0.39, 0.29) is 0 Å². The van der Waals surface area contributed by atoms with Crippen molar-refractivity contribution in [2.24, 2.45) is 5.92 Å². The van der Waals surface area contributed by atoms with Gasteiger partial charge in [-0.1, -0.05) is 23.7 Å². The molecule has 1 aromatic carbocycles. The molecule has 6 heteroatoms. The predicted molar refractivity (Wildman–Crippen MR) is 75.7 cm³/mol. The number of halogens is 1. The Balaban J connectivity index is 2.11. The molecule has 2 rings (SSSR count). The number of carboxylic acids is 1. The van der Waals surface area contributed by atoms with Gasteiger partial charge in [0.05, 0.1) is 5.92 Å². The van der Waals surface area contributed by atoms with E-state index in [0.717, 1.165) is 5.56 Å². The van der Waals surface area contributed by atoms with Gasteiger partial charge in [0, 0.05) is 18.0 Å². The molecule has 106 valence electrons. The summed E-state index contributed by atoms with van der Waals surface area (Å²) in [4.78, 5) is 15.5. The van der Waals surface area contributed by atoms with E-state index in [1.165, 1.54) is 6.33 Å². The van der Waals surface area contributed by atoms with Gasteiger partial charge in [0.15, 0.2) is 0 Å². The maximum atomic E-state index is 11.4. The van der Waals surface area contributed by atoms with Gasteiger partial charge in [0.2, 0.25) is 0 Å². The van der Waals surface area contributed by atoms with Crippen LogP contribution in [-0.2, 0) is 24.2 Å². The summed E-state index contributed by atoms with van der Waals surface area (Å²) in [6.45, 7) is 2.63. The van der Waals surface area contributed by atoms with Crippen molar-refractivity contribution in [1.29, 1.82) is 0 Å². The average Bonchev–Trinajstić information content (AvgIpc) is 2.87. The first-order valence-electron chi connectivity index (χ1n) is 6.44. The van der Waals surface area contributed by atoms with Crippen LogP contribution in [0.3, 0.4) is 0 Å². The van der Waals surface area contributed by atoms with Crippen LogP contribution in [0.1, 0.15) is 18.3 Å². The highest BCUT2D eigenvalue weighted by molar-refractivity contribution is 6.30. The highest BCUT2D eigenvalue weighted by Crippen LogP contribution is 2.16. The van der Waals surface area contributed by atoms with Gasteiger partial charge < -0.3 is 5.11 Å².